The van der Waals surface area contributed by atoms with E-state index < -0.39 is 0 Å². The Hall–Kier alpha value is -2.35. The Morgan fingerprint density at radius 2 is 1.50 bits per heavy atom. The molecule has 2 nitrogen and oxygen atoms in total. The van der Waals surface area contributed by atoms with Crippen molar-refractivity contribution in [3.63, 3.8) is 0 Å². The zero-order chi connectivity index (χ0) is 17.2. The monoisotopic (exact) mass is 322 g/mol. The summed E-state index contributed by atoms with van der Waals surface area (Å²) in [5.74, 6) is -0.246. The third kappa shape index (κ3) is 5.38. The highest BCUT2D eigenvalue weighted by molar-refractivity contribution is 5.88. The fraction of sp³-hybridized carbons (Fsp3) is 0.318. The van der Waals surface area contributed by atoms with Crippen molar-refractivity contribution < 1.29 is 9.53 Å². The van der Waals surface area contributed by atoms with Crippen LogP contribution in [0, 0.1) is 0 Å². The van der Waals surface area contributed by atoms with Gasteiger partial charge in [0.25, 0.3) is 0 Å². The van der Waals surface area contributed by atoms with Crippen LogP contribution in [0.5, 0.6) is 0 Å². The van der Waals surface area contributed by atoms with Gasteiger partial charge in [0.15, 0.2) is 6.10 Å². The molecule has 2 aromatic carbocycles. The number of rotatable bonds is 8. The fourth-order valence-electron chi connectivity index (χ4n) is 2.58. The summed E-state index contributed by atoms with van der Waals surface area (Å²) in [6.45, 7) is 4.01. The Morgan fingerprint density at radius 3 is 2.00 bits per heavy atom. The number of benzene rings is 2. The lowest BCUT2D eigenvalue weighted by molar-refractivity contribution is -0.142. The quantitative estimate of drug-likeness (QED) is 0.346. The van der Waals surface area contributed by atoms with E-state index in [1.54, 1.807) is 0 Å². The van der Waals surface area contributed by atoms with Gasteiger partial charge in [-0.05, 0) is 30.9 Å². The molecule has 0 unspecified atom stereocenters. The minimum atomic E-state index is -0.376. The van der Waals surface area contributed by atoms with Crippen molar-refractivity contribution in [2.75, 3.05) is 0 Å². The lowest BCUT2D eigenvalue weighted by Crippen LogP contribution is -2.13. The van der Waals surface area contributed by atoms with E-state index in [0.29, 0.717) is 5.57 Å². The highest BCUT2D eigenvalue weighted by atomic mass is 16.5. The second-order valence-corrected chi connectivity index (χ2v) is 5.99. The summed E-state index contributed by atoms with van der Waals surface area (Å²) in [5, 5.41) is 0. The number of allylic oxidation sites excluding steroid dienone is 1. The van der Waals surface area contributed by atoms with Crippen LogP contribution in [0.1, 0.15) is 56.8 Å². The molecule has 0 amide bonds. The van der Waals surface area contributed by atoms with E-state index >= 15 is 0 Å². The minimum Gasteiger partial charge on any atom is -0.449 e. The van der Waals surface area contributed by atoms with E-state index in [2.05, 4.69) is 6.92 Å². The molecule has 0 aliphatic carbocycles. The second kappa shape index (κ2) is 9.71. The first-order valence-corrected chi connectivity index (χ1v) is 8.70. The van der Waals surface area contributed by atoms with Gasteiger partial charge in [-0.1, -0.05) is 86.5 Å². The van der Waals surface area contributed by atoms with Gasteiger partial charge in [-0.25, -0.2) is 4.79 Å². The second-order valence-electron chi connectivity index (χ2n) is 5.99. The van der Waals surface area contributed by atoms with E-state index in [1.807, 2.05) is 73.7 Å². The molecule has 2 aromatic rings. The van der Waals surface area contributed by atoms with Crippen LogP contribution in [0.15, 0.2) is 72.3 Å². The predicted molar refractivity (Wildman–Crippen MR) is 98.7 cm³/mol. The van der Waals surface area contributed by atoms with Gasteiger partial charge < -0.3 is 4.74 Å². The first kappa shape index (κ1) is 18.0. The fourth-order valence-corrected chi connectivity index (χ4v) is 2.58. The maximum atomic E-state index is 12.5. The highest BCUT2D eigenvalue weighted by Gasteiger charge is 2.19. The Balaban J connectivity index is 2.13. The number of hydrogen-bond acceptors (Lipinski definition) is 2. The van der Waals surface area contributed by atoms with Gasteiger partial charge in [-0.15, -0.1) is 0 Å². The third-order valence-corrected chi connectivity index (χ3v) is 4.01. The van der Waals surface area contributed by atoms with E-state index in [1.165, 1.54) is 12.8 Å². The van der Waals surface area contributed by atoms with Crippen LogP contribution in [0.2, 0.25) is 0 Å². The van der Waals surface area contributed by atoms with Gasteiger partial charge in [0, 0.05) is 5.57 Å². The van der Waals surface area contributed by atoms with E-state index in [0.717, 1.165) is 24.0 Å². The minimum absolute atomic E-state index is 0.246. The molecular weight excluding hydrogens is 296 g/mol. The highest BCUT2D eigenvalue weighted by Crippen LogP contribution is 2.26. The molecule has 0 atom stereocenters. The van der Waals surface area contributed by atoms with Crippen molar-refractivity contribution in [3.8, 4) is 0 Å². The number of hydrogen-bond donors (Lipinski definition) is 0. The van der Waals surface area contributed by atoms with Crippen LogP contribution < -0.4 is 0 Å². The first-order chi connectivity index (χ1) is 11.7. The van der Waals surface area contributed by atoms with Crippen molar-refractivity contribution >= 4 is 5.97 Å². The van der Waals surface area contributed by atoms with Gasteiger partial charge in [0.1, 0.15) is 0 Å². The summed E-state index contributed by atoms with van der Waals surface area (Å²) in [4.78, 5) is 12.5. The topological polar surface area (TPSA) is 26.3 Å². The van der Waals surface area contributed by atoms with Crippen molar-refractivity contribution in [2.45, 2.75) is 45.6 Å². The van der Waals surface area contributed by atoms with Gasteiger partial charge in [0.2, 0.25) is 0 Å². The summed E-state index contributed by atoms with van der Waals surface area (Å²) >= 11 is 0. The summed E-state index contributed by atoms with van der Waals surface area (Å²) in [6.07, 6.45) is 6.03. The van der Waals surface area contributed by atoms with Crippen LogP contribution in [-0.2, 0) is 9.53 Å². The summed E-state index contributed by atoms with van der Waals surface area (Å²) in [7, 11) is 0. The van der Waals surface area contributed by atoms with Crippen LogP contribution in [0.3, 0.4) is 0 Å². The van der Waals surface area contributed by atoms with Crippen molar-refractivity contribution in [3.05, 3.63) is 83.4 Å². The molecule has 0 aliphatic heterocycles. The Kier molecular flexibility index (Phi) is 7.28. The van der Waals surface area contributed by atoms with Gasteiger partial charge in [-0.3, -0.25) is 0 Å². The first-order valence-electron chi connectivity index (χ1n) is 8.70. The molecule has 0 N–H and O–H groups in total. The molecule has 0 radical (unpaired) electrons. The van der Waals surface area contributed by atoms with Gasteiger partial charge >= 0.3 is 5.97 Å². The average Bonchev–Trinajstić information content (AvgIpc) is 2.64. The summed E-state index contributed by atoms with van der Waals surface area (Å²) in [5.41, 5.74) is 2.65. The molecule has 126 valence electrons. The molecule has 0 bridgehead atoms. The predicted octanol–water partition coefficient (Wildman–Crippen LogP) is 5.85. The maximum Gasteiger partial charge on any atom is 0.334 e. The summed E-state index contributed by atoms with van der Waals surface area (Å²) < 4.78 is 5.83. The normalized spacial score (nSPS) is 11.5. The zero-order valence-electron chi connectivity index (χ0n) is 14.6. The molecule has 0 aliphatic rings. The Labute approximate surface area is 145 Å². The molecule has 2 rings (SSSR count). The van der Waals surface area contributed by atoms with Crippen LogP contribution in [0.4, 0.5) is 0 Å². The zero-order valence-corrected chi connectivity index (χ0v) is 14.6. The molecule has 0 spiro atoms. The SMILES string of the molecule is CCCCC/C=C(/C)C(=O)OC(c1ccccc1)c1ccccc1. The maximum absolute atomic E-state index is 12.5. The average molecular weight is 322 g/mol. The van der Waals surface area contributed by atoms with E-state index in [-0.39, 0.29) is 12.1 Å². The van der Waals surface area contributed by atoms with Crippen molar-refractivity contribution in [1.82, 2.24) is 0 Å². The largest absolute Gasteiger partial charge is 0.449 e. The Bertz CT molecular complexity index is 605. The molecule has 0 heterocycles. The van der Waals surface area contributed by atoms with Crippen LogP contribution in [-0.4, -0.2) is 5.97 Å². The molecule has 0 saturated carbocycles. The summed E-state index contributed by atoms with van der Waals surface area (Å²) in [6, 6.07) is 19.8. The standard InChI is InChI=1S/C22H26O2/c1-3-4-5-8-13-18(2)22(23)24-21(19-14-9-6-10-15-19)20-16-11-7-12-17-20/h6-7,9-17,21H,3-5,8H2,1-2H3/b18-13-. The molecule has 2 heteroatoms. The van der Waals surface area contributed by atoms with Gasteiger partial charge in [0.05, 0.1) is 0 Å². The molecule has 24 heavy (non-hydrogen) atoms. The number of carbonyl (C=O) groups excluding carboxylic acids is 1. The lowest BCUT2D eigenvalue weighted by Gasteiger charge is -2.19. The van der Waals surface area contributed by atoms with Crippen LogP contribution >= 0.6 is 0 Å². The smallest absolute Gasteiger partial charge is 0.334 e. The third-order valence-electron chi connectivity index (χ3n) is 4.01. The van der Waals surface area contributed by atoms with Crippen molar-refractivity contribution in [1.29, 1.82) is 0 Å². The lowest BCUT2D eigenvalue weighted by atomic mass is 10.0. The number of unbranched alkanes of at least 4 members (excludes halogenated alkanes) is 3. The number of esters is 1. The van der Waals surface area contributed by atoms with Crippen molar-refractivity contribution in [2.24, 2.45) is 0 Å². The van der Waals surface area contributed by atoms with E-state index in [9.17, 15) is 4.79 Å². The van der Waals surface area contributed by atoms with Gasteiger partial charge in [-0.2, -0.15) is 0 Å². The van der Waals surface area contributed by atoms with Crippen LogP contribution in [0.25, 0.3) is 0 Å². The number of ether oxygens (including phenoxy) is 1. The van der Waals surface area contributed by atoms with E-state index in [4.69, 9.17) is 4.74 Å². The Morgan fingerprint density at radius 1 is 0.958 bits per heavy atom. The molecular formula is C22H26O2. The molecule has 0 fully saturated rings. The molecule has 0 aromatic heterocycles. The number of carbonyl (C=O) groups is 1. The molecule has 0 saturated heterocycles.